The zero-order valence-electron chi connectivity index (χ0n) is 10.6. The highest BCUT2D eigenvalue weighted by Gasteiger charge is 2.07. The molecule has 100 valence electrons. The van der Waals surface area contributed by atoms with Gasteiger partial charge in [0.05, 0.1) is 9.40 Å². The summed E-state index contributed by atoms with van der Waals surface area (Å²) in [6.45, 7) is 2.18. The normalized spacial score (nSPS) is 11.2. The zero-order valence-corrected chi connectivity index (χ0v) is 14.7. The van der Waals surface area contributed by atoms with Gasteiger partial charge in [0.15, 0.2) is 0 Å². The van der Waals surface area contributed by atoms with Crippen molar-refractivity contribution in [1.29, 1.82) is 0 Å². The van der Waals surface area contributed by atoms with Crippen LogP contribution in [0.5, 0.6) is 0 Å². The summed E-state index contributed by atoms with van der Waals surface area (Å²) in [4.78, 5) is 1.42. The summed E-state index contributed by atoms with van der Waals surface area (Å²) in [5.74, 6) is 0. The molecule has 0 aliphatic rings. The number of hydrogen-bond donors (Lipinski definition) is 0. The molecule has 0 N–H and O–H groups in total. The van der Waals surface area contributed by atoms with E-state index in [2.05, 4.69) is 47.3 Å². The van der Waals surface area contributed by atoms with E-state index in [1.165, 1.54) is 33.1 Å². The third kappa shape index (κ3) is 2.23. The van der Waals surface area contributed by atoms with Gasteiger partial charge in [-0.3, -0.25) is 0 Å². The van der Waals surface area contributed by atoms with Crippen molar-refractivity contribution >= 4 is 84.9 Å². The highest BCUT2D eigenvalue weighted by Crippen LogP contribution is 2.41. The standard InChI is InChI=1S/C9H6S3.C6H4S2/c1-5-4-7-9(11-5)8-6(12-7)2-3-10-8;1-3-7-6-2-4-8-5(1)6/h2-4H,1H3;1-4H. The molecular weight excluding hydrogens is 341 g/mol. The van der Waals surface area contributed by atoms with Crippen LogP contribution in [0.1, 0.15) is 4.88 Å². The van der Waals surface area contributed by atoms with E-state index in [-0.39, 0.29) is 0 Å². The quantitative estimate of drug-likeness (QED) is 0.272. The summed E-state index contributed by atoms with van der Waals surface area (Å²) in [6, 6.07) is 8.82. The smallest absolute Gasteiger partial charge is 0.0632 e. The summed E-state index contributed by atoms with van der Waals surface area (Å²) < 4.78 is 8.70. The third-order valence-electron chi connectivity index (χ3n) is 2.95. The lowest BCUT2D eigenvalue weighted by Gasteiger charge is -1.75. The lowest BCUT2D eigenvalue weighted by molar-refractivity contribution is 1.66. The van der Waals surface area contributed by atoms with Crippen molar-refractivity contribution < 1.29 is 0 Å². The number of rotatable bonds is 0. The van der Waals surface area contributed by atoms with Gasteiger partial charge in [-0.15, -0.1) is 56.7 Å². The first-order chi connectivity index (χ1) is 9.81. The Balaban J connectivity index is 0.000000115. The van der Waals surface area contributed by atoms with Gasteiger partial charge in [-0.25, -0.2) is 0 Å². The average molecular weight is 351 g/mol. The van der Waals surface area contributed by atoms with Crippen LogP contribution in [-0.2, 0) is 0 Å². The fraction of sp³-hybridized carbons (Fsp3) is 0.0667. The van der Waals surface area contributed by atoms with E-state index in [1.807, 2.05) is 34.0 Å². The van der Waals surface area contributed by atoms with Gasteiger partial charge < -0.3 is 0 Å². The summed E-state index contributed by atoms with van der Waals surface area (Å²) in [5.41, 5.74) is 0. The van der Waals surface area contributed by atoms with Gasteiger partial charge in [0.2, 0.25) is 0 Å². The molecule has 5 aromatic heterocycles. The van der Waals surface area contributed by atoms with Crippen molar-refractivity contribution in [2.24, 2.45) is 0 Å². The van der Waals surface area contributed by atoms with E-state index < -0.39 is 0 Å². The molecule has 0 saturated carbocycles. The fourth-order valence-electron chi connectivity index (χ4n) is 2.08. The van der Waals surface area contributed by atoms with Crippen molar-refractivity contribution in [3.63, 3.8) is 0 Å². The minimum absolute atomic E-state index is 1.41. The molecule has 0 fully saturated rings. The molecule has 5 aromatic rings. The molecule has 20 heavy (non-hydrogen) atoms. The monoisotopic (exact) mass is 350 g/mol. The van der Waals surface area contributed by atoms with Crippen LogP contribution in [0.3, 0.4) is 0 Å². The van der Waals surface area contributed by atoms with Gasteiger partial charge in [0.25, 0.3) is 0 Å². The van der Waals surface area contributed by atoms with Crippen LogP contribution < -0.4 is 0 Å². The van der Waals surface area contributed by atoms with Crippen molar-refractivity contribution in [2.45, 2.75) is 6.92 Å². The molecule has 0 radical (unpaired) electrons. The molecule has 5 rings (SSSR count). The molecule has 5 heterocycles. The van der Waals surface area contributed by atoms with E-state index in [9.17, 15) is 0 Å². The summed E-state index contributed by atoms with van der Waals surface area (Å²) in [6.07, 6.45) is 0. The molecular formula is C15H10S5. The SMILES string of the molecule is Cc1cc2sc3ccsc3c2s1.c1cc2sccc2s1. The first kappa shape index (κ1) is 13.0. The van der Waals surface area contributed by atoms with Crippen molar-refractivity contribution in [3.05, 3.63) is 45.3 Å². The van der Waals surface area contributed by atoms with E-state index in [1.54, 1.807) is 22.7 Å². The fourth-order valence-corrected chi connectivity index (χ4v) is 7.59. The van der Waals surface area contributed by atoms with Crippen molar-refractivity contribution in [3.8, 4) is 0 Å². The Morgan fingerprint density at radius 2 is 1.30 bits per heavy atom. The van der Waals surface area contributed by atoms with Crippen LogP contribution in [0.25, 0.3) is 28.2 Å². The number of fused-ring (bicyclic) bond motifs is 4. The Morgan fingerprint density at radius 1 is 0.650 bits per heavy atom. The van der Waals surface area contributed by atoms with Crippen LogP contribution in [-0.4, -0.2) is 0 Å². The molecule has 0 saturated heterocycles. The highest BCUT2D eigenvalue weighted by molar-refractivity contribution is 7.38. The third-order valence-corrected chi connectivity index (χ3v) is 8.33. The van der Waals surface area contributed by atoms with Gasteiger partial charge in [0.1, 0.15) is 0 Å². The maximum atomic E-state index is 2.29. The maximum absolute atomic E-state index is 2.29. The van der Waals surface area contributed by atoms with Crippen LogP contribution in [0.15, 0.2) is 40.4 Å². The maximum Gasteiger partial charge on any atom is 0.0632 e. The molecule has 0 bridgehead atoms. The summed E-state index contributed by atoms with van der Waals surface area (Å²) in [5, 5.41) is 6.43. The first-order valence-electron chi connectivity index (χ1n) is 6.08. The lowest BCUT2D eigenvalue weighted by Crippen LogP contribution is -1.46. The minimum atomic E-state index is 1.41. The van der Waals surface area contributed by atoms with E-state index in [0.29, 0.717) is 0 Å². The second-order valence-electron chi connectivity index (χ2n) is 4.34. The van der Waals surface area contributed by atoms with Crippen LogP contribution in [0.2, 0.25) is 0 Å². The first-order valence-corrected chi connectivity index (χ1v) is 10.4. The predicted molar refractivity (Wildman–Crippen MR) is 99.5 cm³/mol. The van der Waals surface area contributed by atoms with Crippen molar-refractivity contribution in [2.75, 3.05) is 0 Å². The van der Waals surface area contributed by atoms with Gasteiger partial charge >= 0.3 is 0 Å². The molecule has 0 aromatic carbocycles. The number of aryl methyl sites for hydroxylation is 1. The molecule has 0 spiro atoms. The van der Waals surface area contributed by atoms with Crippen LogP contribution in [0.4, 0.5) is 0 Å². The van der Waals surface area contributed by atoms with Gasteiger partial charge in [-0.1, -0.05) is 0 Å². The zero-order chi connectivity index (χ0) is 13.5. The summed E-state index contributed by atoms with van der Waals surface area (Å²) in [7, 11) is 0. The Kier molecular flexibility index (Phi) is 3.40. The Morgan fingerprint density at radius 3 is 2.05 bits per heavy atom. The molecule has 0 aliphatic heterocycles. The summed E-state index contributed by atoms with van der Waals surface area (Å²) >= 11 is 9.29. The van der Waals surface area contributed by atoms with Gasteiger partial charge in [-0.05, 0) is 47.3 Å². The molecule has 0 unspecified atom stereocenters. The van der Waals surface area contributed by atoms with Crippen LogP contribution in [0, 0.1) is 6.92 Å². The van der Waals surface area contributed by atoms with Crippen molar-refractivity contribution in [1.82, 2.24) is 0 Å². The predicted octanol–water partition coefficient (Wildman–Crippen LogP) is 7.45. The molecule has 0 atom stereocenters. The molecule has 0 amide bonds. The van der Waals surface area contributed by atoms with E-state index in [0.717, 1.165) is 0 Å². The van der Waals surface area contributed by atoms with Crippen LogP contribution >= 0.6 is 56.7 Å². The van der Waals surface area contributed by atoms with Gasteiger partial charge in [-0.2, -0.15) is 0 Å². The largest absolute Gasteiger partial charge is 0.143 e. The molecule has 5 heteroatoms. The topological polar surface area (TPSA) is 0 Å². The minimum Gasteiger partial charge on any atom is -0.143 e. The number of hydrogen-bond acceptors (Lipinski definition) is 5. The lowest BCUT2D eigenvalue weighted by atomic mass is 10.4. The molecule has 0 aliphatic carbocycles. The Bertz CT molecular complexity index is 921. The van der Waals surface area contributed by atoms with E-state index in [4.69, 9.17) is 0 Å². The molecule has 0 nitrogen and oxygen atoms in total. The van der Waals surface area contributed by atoms with E-state index >= 15 is 0 Å². The Hall–Kier alpha value is -0.720. The Labute approximate surface area is 136 Å². The average Bonchev–Trinajstić information content (AvgIpc) is 3.09. The second kappa shape index (κ2) is 5.24. The highest BCUT2D eigenvalue weighted by atomic mass is 32.1. The second-order valence-corrected chi connectivity index (χ2v) is 9.49. The number of thiophene rings is 5. The van der Waals surface area contributed by atoms with Gasteiger partial charge in [0, 0.05) is 23.7 Å².